The molecule has 2 aromatic heterocycles. The van der Waals surface area contributed by atoms with Gasteiger partial charge in [0.25, 0.3) is 5.65 Å². The Hall–Kier alpha value is -1.83. The molecule has 0 fully saturated rings. The fraction of sp³-hybridized carbons (Fsp3) is 0.267. The van der Waals surface area contributed by atoms with Gasteiger partial charge in [-0.15, -0.1) is 0 Å². The molecule has 2 heteroatoms. The summed E-state index contributed by atoms with van der Waals surface area (Å²) >= 11 is 0. The Morgan fingerprint density at radius 2 is 1.94 bits per heavy atom. The molecular formula is C15H17N2+. The molecule has 3 rings (SSSR count). The molecule has 17 heavy (non-hydrogen) atoms. The molecule has 0 N–H and O–H groups in total. The van der Waals surface area contributed by atoms with Gasteiger partial charge >= 0.3 is 0 Å². The second-order valence-electron chi connectivity index (χ2n) is 4.66. The van der Waals surface area contributed by atoms with Crippen molar-refractivity contribution in [2.45, 2.75) is 20.3 Å². The molecule has 86 valence electrons. The van der Waals surface area contributed by atoms with Gasteiger partial charge < -0.3 is 0 Å². The highest BCUT2D eigenvalue weighted by molar-refractivity contribution is 5.77. The van der Waals surface area contributed by atoms with E-state index in [1.165, 1.54) is 27.8 Å². The number of hydrogen-bond acceptors (Lipinski definition) is 0. The van der Waals surface area contributed by atoms with Gasteiger partial charge in [0.05, 0.1) is 7.05 Å². The zero-order valence-corrected chi connectivity index (χ0v) is 10.6. The van der Waals surface area contributed by atoms with Crippen molar-refractivity contribution >= 4 is 16.6 Å². The number of benzene rings is 1. The molecule has 2 heterocycles. The number of pyridine rings is 1. The number of nitrogens with zero attached hydrogens (tertiary/aromatic N) is 2. The van der Waals surface area contributed by atoms with Gasteiger partial charge in [0.2, 0.25) is 0 Å². The van der Waals surface area contributed by atoms with E-state index in [1.54, 1.807) is 0 Å². The minimum atomic E-state index is 1.06. The van der Waals surface area contributed by atoms with Crippen LogP contribution in [0.3, 0.4) is 0 Å². The van der Waals surface area contributed by atoms with E-state index in [9.17, 15) is 0 Å². The number of aromatic nitrogens is 2. The Kier molecular flexibility index (Phi) is 2.18. The molecule has 0 aliphatic carbocycles. The molecule has 0 radical (unpaired) electrons. The summed E-state index contributed by atoms with van der Waals surface area (Å²) in [6.45, 7) is 4.34. The monoisotopic (exact) mass is 225 g/mol. The molecule has 0 aliphatic heterocycles. The normalized spacial score (nSPS) is 11.5. The lowest BCUT2D eigenvalue weighted by Crippen LogP contribution is -2.20. The summed E-state index contributed by atoms with van der Waals surface area (Å²) in [7, 11) is 2.13. The molecular weight excluding hydrogens is 208 g/mol. The van der Waals surface area contributed by atoms with Crippen LogP contribution >= 0.6 is 0 Å². The third-order valence-electron chi connectivity index (χ3n) is 3.52. The van der Waals surface area contributed by atoms with Crippen molar-refractivity contribution in [3.8, 4) is 0 Å². The highest BCUT2D eigenvalue weighted by Crippen LogP contribution is 2.15. The fourth-order valence-electron chi connectivity index (χ4n) is 2.49. The Morgan fingerprint density at radius 1 is 1.18 bits per heavy atom. The summed E-state index contributed by atoms with van der Waals surface area (Å²) in [5.41, 5.74) is 5.20. The Labute approximate surface area is 101 Å². The minimum absolute atomic E-state index is 1.06. The van der Waals surface area contributed by atoms with Crippen LogP contribution in [-0.4, -0.2) is 4.57 Å². The van der Waals surface area contributed by atoms with Crippen molar-refractivity contribution in [3.05, 3.63) is 47.8 Å². The summed E-state index contributed by atoms with van der Waals surface area (Å²) < 4.78 is 4.56. The molecule has 1 aromatic carbocycles. The number of aryl methyl sites for hydroxylation is 3. The van der Waals surface area contributed by atoms with Gasteiger partial charge in [0.15, 0.2) is 0 Å². The van der Waals surface area contributed by atoms with Crippen molar-refractivity contribution in [1.29, 1.82) is 0 Å². The lowest BCUT2D eigenvalue weighted by Gasteiger charge is -1.98. The summed E-state index contributed by atoms with van der Waals surface area (Å²) in [6, 6.07) is 11.0. The molecule has 3 aromatic rings. The van der Waals surface area contributed by atoms with Crippen molar-refractivity contribution in [3.63, 3.8) is 0 Å². The van der Waals surface area contributed by atoms with Gasteiger partial charge in [0.1, 0.15) is 17.4 Å². The molecule has 0 unspecified atom stereocenters. The van der Waals surface area contributed by atoms with Crippen LogP contribution in [0.2, 0.25) is 0 Å². The van der Waals surface area contributed by atoms with E-state index in [4.69, 9.17) is 0 Å². The van der Waals surface area contributed by atoms with Crippen LogP contribution in [0.4, 0.5) is 0 Å². The van der Waals surface area contributed by atoms with Crippen molar-refractivity contribution in [2.24, 2.45) is 7.05 Å². The third-order valence-corrected chi connectivity index (χ3v) is 3.52. The maximum atomic E-state index is 2.29. The SMILES string of the molecule is CCc1c[n+]2c3cc(C)ccc3ccc2n1C. The van der Waals surface area contributed by atoms with Crippen LogP contribution in [0.5, 0.6) is 0 Å². The van der Waals surface area contributed by atoms with Crippen LogP contribution in [0.25, 0.3) is 16.6 Å². The Morgan fingerprint density at radius 3 is 2.71 bits per heavy atom. The van der Waals surface area contributed by atoms with E-state index in [1.807, 2.05) is 0 Å². The molecule has 0 saturated heterocycles. The maximum Gasteiger partial charge on any atom is 0.286 e. The highest BCUT2D eigenvalue weighted by atomic mass is 15.1. The van der Waals surface area contributed by atoms with Gasteiger partial charge in [-0.25, -0.2) is 4.57 Å². The first-order valence-electron chi connectivity index (χ1n) is 6.10. The van der Waals surface area contributed by atoms with Crippen molar-refractivity contribution in [2.75, 3.05) is 0 Å². The van der Waals surface area contributed by atoms with E-state index in [2.05, 4.69) is 66.4 Å². The summed E-state index contributed by atoms with van der Waals surface area (Å²) in [5.74, 6) is 0. The van der Waals surface area contributed by atoms with Gasteiger partial charge in [-0.1, -0.05) is 19.1 Å². The highest BCUT2D eigenvalue weighted by Gasteiger charge is 2.14. The van der Waals surface area contributed by atoms with Crippen LogP contribution < -0.4 is 4.40 Å². The smallest absolute Gasteiger partial charge is 0.230 e. The standard InChI is InChI=1S/C15H17N2/c1-4-13-10-17-14-9-11(2)5-6-12(14)7-8-15(17)16(13)3/h5-10H,4H2,1-3H3/q+1. The number of fused-ring (bicyclic) bond motifs is 3. The van der Waals surface area contributed by atoms with Crippen LogP contribution in [0, 0.1) is 6.92 Å². The summed E-state index contributed by atoms with van der Waals surface area (Å²) in [5, 5.41) is 1.29. The van der Waals surface area contributed by atoms with E-state index >= 15 is 0 Å². The molecule has 0 saturated carbocycles. The summed E-state index contributed by atoms with van der Waals surface area (Å²) in [4.78, 5) is 0. The maximum absolute atomic E-state index is 2.29. The quantitative estimate of drug-likeness (QED) is 0.563. The second kappa shape index (κ2) is 3.59. The first kappa shape index (κ1) is 10.3. The Balaban J connectivity index is 2.50. The second-order valence-corrected chi connectivity index (χ2v) is 4.66. The zero-order chi connectivity index (χ0) is 12.0. The predicted octanol–water partition coefficient (Wildman–Crippen LogP) is 2.79. The molecule has 2 nitrogen and oxygen atoms in total. The van der Waals surface area contributed by atoms with Gasteiger partial charge in [-0.2, -0.15) is 4.40 Å². The van der Waals surface area contributed by atoms with Crippen LogP contribution in [-0.2, 0) is 13.5 Å². The van der Waals surface area contributed by atoms with Crippen LogP contribution in [0.15, 0.2) is 36.5 Å². The van der Waals surface area contributed by atoms with E-state index in [-0.39, 0.29) is 0 Å². The molecule has 0 spiro atoms. The van der Waals surface area contributed by atoms with Gasteiger partial charge in [0, 0.05) is 17.9 Å². The van der Waals surface area contributed by atoms with Crippen molar-refractivity contribution < 1.29 is 4.40 Å². The molecule has 0 atom stereocenters. The average Bonchev–Trinajstić information content (AvgIpc) is 2.66. The third kappa shape index (κ3) is 1.44. The predicted molar refractivity (Wildman–Crippen MR) is 70.2 cm³/mol. The molecule has 0 amide bonds. The summed E-state index contributed by atoms with van der Waals surface area (Å²) in [6.07, 6.45) is 3.31. The van der Waals surface area contributed by atoms with E-state index in [0.717, 1.165) is 6.42 Å². The average molecular weight is 225 g/mol. The van der Waals surface area contributed by atoms with E-state index < -0.39 is 0 Å². The van der Waals surface area contributed by atoms with Crippen LogP contribution in [0.1, 0.15) is 18.2 Å². The van der Waals surface area contributed by atoms with Gasteiger partial charge in [-0.05, 0) is 24.6 Å². The first-order valence-corrected chi connectivity index (χ1v) is 6.10. The zero-order valence-electron chi connectivity index (χ0n) is 10.6. The topological polar surface area (TPSA) is 9.03 Å². The Bertz CT molecular complexity index is 708. The number of rotatable bonds is 1. The lowest BCUT2D eigenvalue weighted by atomic mass is 10.1. The lowest BCUT2D eigenvalue weighted by molar-refractivity contribution is -0.480. The minimum Gasteiger partial charge on any atom is -0.230 e. The fourth-order valence-corrected chi connectivity index (χ4v) is 2.49. The van der Waals surface area contributed by atoms with E-state index in [0.29, 0.717) is 0 Å². The number of imidazole rings is 1. The van der Waals surface area contributed by atoms with Crippen molar-refractivity contribution in [1.82, 2.24) is 4.57 Å². The number of hydrogen-bond donors (Lipinski definition) is 0. The molecule has 0 bridgehead atoms. The molecule has 0 aliphatic rings. The van der Waals surface area contributed by atoms with Gasteiger partial charge in [-0.3, -0.25) is 0 Å². The first-order chi connectivity index (χ1) is 8.20. The largest absolute Gasteiger partial charge is 0.286 e.